The van der Waals surface area contributed by atoms with E-state index in [0.717, 1.165) is 30.0 Å². The molecule has 0 saturated heterocycles. The molecule has 0 spiro atoms. The number of amidine groups is 1. The molecule has 0 amide bonds. The Labute approximate surface area is 95.2 Å². The van der Waals surface area contributed by atoms with Crippen molar-refractivity contribution in [3.63, 3.8) is 0 Å². The van der Waals surface area contributed by atoms with Gasteiger partial charge in [0.2, 0.25) is 0 Å². The zero-order valence-electron chi connectivity index (χ0n) is 7.09. The predicted molar refractivity (Wildman–Crippen MR) is 59.9 cm³/mol. The third-order valence-electron chi connectivity index (χ3n) is 1.39. The van der Waals surface area contributed by atoms with E-state index < -0.39 is 11.6 Å². The molecule has 2 nitrogen and oxygen atoms in total. The van der Waals surface area contributed by atoms with Crippen molar-refractivity contribution < 1.29 is 8.78 Å². The minimum atomic E-state index is -0.486. The second-order valence-electron chi connectivity index (χ2n) is 2.39. The Bertz CT molecular complexity index is 333. The normalized spacial score (nSPS) is 9.29. The Morgan fingerprint density at radius 3 is 2.64 bits per heavy atom. The van der Waals surface area contributed by atoms with Crippen molar-refractivity contribution in [3.05, 3.63) is 35.4 Å². The topological polar surface area (TPSA) is 49.9 Å². The lowest BCUT2D eigenvalue weighted by Crippen LogP contribution is -2.04. The van der Waals surface area contributed by atoms with Crippen LogP contribution in [0.2, 0.25) is 0 Å². The van der Waals surface area contributed by atoms with Gasteiger partial charge in [0.15, 0.2) is 5.17 Å². The van der Waals surface area contributed by atoms with Gasteiger partial charge >= 0.3 is 0 Å². The van der Waals surface area contributed by atoms with E-state index >= 15 is 0 Å². The highest BCUT2D eigenvalue weighted by Gasteiger charge is 2.04. The highest BCUT2D eigenvalue weighted by atomic mass is 79.9. The monoisotopic (exact) mass is 282 g/mol. The first kappa shape index (κ1) is 13.4. The number of nitrogens with two attached hydrogens (primary N) is 1. The van der Waals surface area contributed by atoms with Gasteiger partial charge in [0.25, 0.3) is 0 Å². The summed E-state index contributed by atoms with van der Waals surface area (Å²) in [5.41, 5.74) is 5.28. The summed E-state index contributed by atoms with van der Waals surface area (Å²) in [6, 6.07) is 3.22. The molecule has 0 aliphatic carbocycles. The largest absolute Gasteiger partial charge is 0.379 e. The standard InChI is InChI=1S/C8H8F2N2S.BrH/c9-6-1-2-7(10)5(3-6)4-13-8(11)12;/h1-3H,4H2,(H3,11,12);1H. The van der Waals surface area contributed by atoms with Gasteiger partial charge in [0.1, 0.15) is 11.6 Å². The van der Waals surface area contributed by atoms with E-state index in [4.69, 9.17) is 11.1 Å². The smallest absolute Gasteiger partial charge is 0.151 e. The number of hydrogen-bond donors (Lipinski definition) is 2. The van der Waals surface area contributed by atoms with Crippen LogP contribution in [-0.2, 0) is 5.75 Å². The van der Waals surface area contributed by atoms with E-state index in [1.165, 1.54) is 0 Å². The van der Waals surface area contributed by atoms with Crippen molar-refractivity contribution in [2.75, 3.05) is 0 Å². The van der Waals surface area contributed by atoms with E-state index in [-0.39, 0.29) is 33.5 Å². The summed E-state index contributed by atoms with van der Waals surface area (Å²) in [4.78, 5) is 0. The van der Waals surface area contributed by atoms with Crippen LogP contribution in [-0.4, -0.2) is 5.17 Å². The number of thioether (sulfide) groups is 1. The Kier molecular flexibility index (Phi) is 5.71. The minimum Gasteiger partial charge on any atom is -0.379 e. The molecule has 1 aromatic rings. The second kappa shape index (κ2) is 5.98. The molecule has 0 atom stereocenters. The molecule has 1 aromatic carbocycles. The van der Waals surface area contributed by atoms with Crippen LogP contribution in [0.15, 0.2) is 18.2 Å². The van der Waals surface area contributed by atoms with E-state index in [0.29, 0.717) is 0 Å². The maximum Gasteiger partial charge on any atom is 0.151 e. The van der Waals surface area contributed by atoms with Gasteiger partial charge in [-0.05, 0) is 18.2 Å². The zero-order valence-corrected chi connectivity index (χ0v) is 9.62. The lowest BCUT2D eigenvalue weighted by Gasteiger charge is -2.01. The molecule has 0 aliphatic rings. The fourth-order valence-corrected chi connectivity index (χ4v) is 1.34. The fraction of sp³-hybridized carbons (Fsp3) is 0.125. The quantitative estimate of drug-likeness (QED) is 0.647. The first-order valence-electron chi connectivity index (χ1n) is 3.50. The average Bonchev–Trinajstić information content (AvgIpc) is 2.06. The number of halogens is 3. The van der Waals surface area contributed by atoms with Crippen LogP contribution >= 0.6 is 28.7 Å². The van der Waals surface area contributed by atoms with Gasteiger partial charge in [0, 0.05) is 11.3 Å². The molecule has 14 heavy (non-hydrogen) atoms. The molecule has 0 radical (unpaired) electrons. The summed E-state index contributed by atoms with van der Waals surface area (Å²) in [5.74, 6) is -0.783. The van der Waals surface area contributed by atoms with Gasteiger partial charge < -0.3 is 5.73 Å². The second-order valence-corrected chi connectivity index (χ2v) is 3.41. The van der Waals surface area contributed by atoms with E-state index in [2.05, 4.69) is 0 Å². The maximum atomic E-state index is 12.9. The third-order valence-corrected chi connectivity index (χ3v) is 2.16. The first-order valence-corrected chi connectivity index (χ1v) is 4.49. The van der Waals surface area contributed by atoms with Gasteiger partial charge in [-0.1, -0.05) is 11.8 Å². The Morgan fingerprint density at radius 1 is 1.43 bits per heavy atom. The Hall–Kier alpha value is -0.620. The van der Waals surface area contributed by atoms with Crippen molar-refractivity contribution >= 4 is 33.9 Å². The van der Waals surface area contributed by atoms with Gasteiger partial charge in [0.05, 0.1) is 0 Å². The fourth-order valence-electron chi connectivity index (χ4n) is 0.809. The van der Waals surface area contributed by atoms with Crippen molar-refractivity contribution in [1.29, 1.82) is 5.41 Å². The number of hydrogen-bond acceptors (Lipinski definition) is 2. The SMILES string of the molecule is Br.N=C(N)SCc1cc(F)ccc1F. The summed E-state index contributed by atoms with van der Waals surface area (Å²) in [7, 11) is 0. The summed E-state index contributed by atoms with van der Waals surface area (Å²) in [5, 5.41) is 6.78. The molecule has 0 heterocycles. The summed E-state index contributed by atoms with van der Waals surface area (Å²) in [6.07, 6.45) is 0. The highest BCUT2D eigenvalue weighted by Crippen LogP contribution is 2.16. The van der Waals surface area contributed by atoms with Gasteiger partial charge in [-0.15, -0.1) is 17.0 Å². The molecule has 3 N–H and O–H groups in total. The molecule has 0 unspecified atom stereocenters. The van der Waals surface area contributed by atoms with Gasteiger partial charge in [-0.25, -0.2) is 8.78 Å². The average molecular weight is 283 g/mol. The van der Waals surface area contributed by atoms with Gasteiger partial charge in [-0.3, -0.25) is 5.41 Å². The lowest BCUT2D eigenvalue weighted by atomic mass is 10.2. The predicted octanol–water partition coefficient (Wildman–Crippen LogP) is 2.67. The van der Waals surface area contributed by atoms with Crippen LogP contribution in [0.1, 0.15) is 5.56 Å². The summed E-state index contributed by atoms with van der Waals surface area (Å²) < 4.78 is 25.5. The van der Waals surface area contributed by atoms with Crippen molar-refractivity contribution in [1.82, 2.24) is 0 Å². The summed E-state index contributed by atoms with van der Waals surface area (Å²) >= 11 is 0.962. The number of rotatable bonds is 2. The summed E-state index contributed by atoms with van der Waals surface area (Å²) in [6.45, 7) is 0. The molecule has 0 aromatic heterocycles. The van der Waals surface area contributed by atoms with Crippen LogP contribution in [0, 0.1) is 17.0 Å². The van der Waals surface area contributed by atoms with E-state index in [9.17, 15) is 8.78 Å². The van der Waals surface area contributed by atoms with E-state index in [1.807, 2.05) is 0 Å². The molecule has 0 saturated carbocycles. The van der Waals surface area contributed by atoms with Crippen molar-refractivity contribution in [3.8, 4) is 0 Å². The molecule has 6 heteroatoms. The molecule has 78 valence electrons. The highest BCUT2D eigenvalue weighted by molar-refractivity contribution is 8.93. The van der Waals surface area contributed by atoms with Crippen LogP contribution in [0.3, 0.4) is 0 Å². The molecule has 0 bridgehead atoms. The minimum absolute atomic E-state index is 0. The molecule has 1 rings (SSSR count). The molecule has 0 fully saturated rings. The third kappa shape index (κ3) is 4.06. The van der Waals surface area contributed by atoms with Gasteiger partial charge in [-0.2, -0.15) is 0 Å². The van der Waals surface area contributed by atoms with Crippen molar-refractivity contribution in [2.24, 2.45) is 5.73 Å². The van der Waals surface area contributed by atoms with Crippen LogP contribution in [0.25, 0.3) is 0 Å². The molecular formula is C8H9BrF2N2S. The van der Waals surface area contributed by atoms with Crippen molar-refractivity contribution in [2.45, 2.75) is 5.75 Å². The first-order chi connectivity index (χ1) is 6.09. The maximum absolute atomic E-state index is 12.9. The molecule has 0 aliphatic heterocycles. The molecular weight excluding hydrogens is 274 g/mol. The lowest BCUT2D eigenvalue weighted by molar-refractivity contribution is 0.591. The Morgan fingerprint density at radius 2 is 2.07 bits per heavy atom. The number of benzene rings is 1. The van der Waals surface area contributed by atoms with Crippen LogP contribution in [0.4, 0.5) is 8.78 Å². The van der Waals surface area contributed by atoms with E-state index in [1.54, 1.807) is 0 Å². The van der Waals surface area contributed by atoms with Crippen LogP contribution in [0.5, 0.6) is 0 Å². The number of nitrogens with one attached hydrogen (secondary N) is 1. The van der Waals surface area contributed by atoms with Crippen LogP contribution < -0.4 is 5.73 Å². The zero-order chi connectivity index (χ0) is 9.84. The Balaban J connectivity index is 0.00000169.